The quantitative estimate of drug-likeness (QED) is 0.425. The molecule has 0 aliphatic carbocycles. The molecule has 4 atom stereocenters. The van der Waals surface area contributed by atoms with E-state index in [9.17, 15) is 10.2 Å². The molecule has 0 amide bonds. The number of aliphatic hydroxyl groups excluding tert-OH is 3. The Morgan fingerprint density at radius 3 is 2.76 bits per heavy atom. The van der Waals surface area contributed by atoms with E-state index in [4.69, 9.17) is 21.4 Å². The summed E-state index contributed by atoms with van der Waals surface area (Å²) in [6, 6.07) is 1.72. The highest BCUT2D eigenvalue weighted by Gasteiger charge is 2.43. The van der Waals surface area contributed by atoms with E-state index in [1.54, 1.807) is 16.8 Å². The van der Waals surface area contributed by atoms with Gasteiger partial charge < -0.3 is 24.6 Å². The molecule has 1 fully saturated rings. The van der Waals surface area contributed by atoms with E-state index in [1.165, 1.54) is 11.8 Å². The van der Waals surface area contributed by atoms with Crippen LogP contribution in [0.2, 0.25) is 5.15 Å². The average Bonchev–Trinajstić information content (AvgIpc) is 3.02. The van der Waals surface area contributed by atoms with Gasteiger partial charge in [-0.1, -0.05) is 23.4 Å². The number of hydrogen-bond donors (Lipinski definition) is 3. The Bertz CT molecular complexity index is 667. The molecule has 2 aromatic heterocycles. The van der Waals surface area contributed by atoms with Crippen LogP contribution in [-0.4, -0.2) is 61.0 Å². The summed E-state index contributed by atoms with van der Waals surface area (Å²) in [5.74, 6) is 0. The third-order valence-corrected chi connectivity index (χ3v) is 4.31. The van der Waals surface area contributed by atoms with E-state index in [2.05, 4.69) is 9.97 Å². The maximum Gasteiger partial charge on any atom is 0.190 e. The number of hydrogen-bond acceptors (Lipinski definition) is 7. The molecular weight excluding hydrogens is 318 g/mol. The van der Waals surface area contributed by atoms with Crippen molar-refractivity contribution < 1.29 is 20.1 Å². The lowest BCUT2D eigenvalue weighted by Crippen LogP contribution is -2.33. The molecule has 3 N–H and O–H groups in total. The van der Waals surface area contributed by atoms with E-state index in [0.717, 1.165) is 0 Å². The summed E-state index contributed by atoms with van der Waals surface area (Å²) >= 11 is 7.46. The number of ether oxygens (including phenoxy) is 1. The highest BCUT2D eigenvalue weighted by molar-refractivity contribution is 7.98. The summed E-state index contributed by atoms with van der Waals surface area (Å²) in [5.41, 5.74) is 0.509. The lowest BCUT2D eigenvalue weighted by molar-refractivity contribution is -0.0508. The smallest absolute Gasteiger partial charge is 0.190 e. The summed E-state index contributed by atoms with van der Waals surface area (Å²) in [7, 11) is 0. The number of halogens is 1. The average molecular weight is 332 g/mol. The van der Waals surface area contributed by atoms with Crippen LogP contribution >= 0.6 is 23.4 Å². The maximum absolute atomic E-state index is 10.1. The Balaban J connectivity index is 2.07. The summed E-state index contributed by atoms with van der Waals surface area (Å²) in [6.07, 6.45) is -0.499. The molecule has 0 spiro atoms. The van der Waals surface area contributed by atoms with Crippen LogP contribution in [0.4, 0.5) is 0 Å². The van der Waals surface area contributed by atoms with Crippen LogP contribution in [0.25, 0.3) is 11.0 Å². The van der Waals surface area contributed by atoms with Crippen molar-refractivity contribution in [2.24, 2.45) is 0 Å². The molecule has 1 saturated heterocycles. The number of fused-ring (bicyclic) bond motifs is 1. The van der Waals surface area contributed by atoms with E-state index < -0.39 is 24.5 Å². The molecule has 0 radical (unpaired) electrons. The van der Waals surface area contributed by atoms with E-state index in [1.807, 2.05) is 6.26 Å². The van der Waals surface area contributed by atoms with Crippen LogP contribution in [0.5, 0.6) is 0 Å². The van der Waals surface area contributed by atoms with Gasteiger partial charge in [0.2, 0.25) is 0 Å². The minimum absolute atomic E-state index is 0.315. The SMILES string of the molecule is CSc1nc(Cl)c2ccn([C@@H]3O[C@H](CO)[C@@H](O)[C@H]3O)c2n1. The van der Waals surface area contributed by atoms with Crippen LogP contribution in [-0.2, 0) is 4.74 Å². The molecule has 114 valence electrons. The number of rotatable bonds is 3. The highest BCUT2D eigenvalue weighted by atomic mass is 35.5. The van der Waals surface area contributed by atoms with E-state index >= 15 is 0 Å². The van der Waals surface area contributed by atoms with Crippen LogP contribution in [0.15, 0.2) is 17.4 Å². The first-order valence-corrected chi connectivity index (χ1v) is 7.87. The Morgan fingerprint density at radius 1 is 1.38 bits per heavy atom. The minimum Gasteiger partial charge on any atom is -0.394 e. The first-order chi connectivity index (χ1) is 10.1. The van der Waals surface area contributed by atoms with Gasteiger partial charge in [0.05, 0.1) is 12.0 Å². The second-order valence-electron chi connectivity index (χ2n) is 4.69. The zero-order valence-electron chi connectivity index (χ0n) is 11.0. The molecule has 9 heteroatoms. The molecule has 0 unspecified atom stereocenters. The molecule has 0 aromatic carbocycles. The van der Waals surface area contributed by atoms with Gasteiger partial charge >= 0.3 is 0 Å². The molecule has 2 aromatic rings. The highest BCUT2D eigenvalue weighted by Crippen LogP contribution is 2.33. The van der Waals surface area contributed by atoms with Crippen LogP contribution in [0.3, 0.4) is 0 Å². The van der Waals surface area contributed by atoms with Gasteiger partial charge in [0.1, 0.15) is 29.1 Å². The number of thioether (sulfide) groups is 1. The summed E-state index contributed by atoms with van der Waals surface area (Å²) in [6.45, 7) is -0.375. The van der Waals surface area contributed by atoms with Crippen molar-refractivity contribution in [3.8, 4) is 0 Å². The molecule has 0 saturated carbocycles. The largest absolute Gasteiger partial charge is 0.394 e. The van der Waals surface area contributed by atoms with Crippen molar-refractivity contribution in [1.82, 2.24) is 14.5 Å². The minimum atomic E-state index is -1.16. The topological polar surface area (TPSA) is 101 Å². The van der Waals surface area contributed by atoms with Crippen LogP contribution < -0.4 is 0 Å². The Labute approximate surface area is 129 Å². The molecule has 1 aliphatic rings. The third-order valence-electron chi connectivity index (χ3n) is 3.48. The fourth-order valence-electron chi connectivity index (χ4n) is 2.38. The second-order valence-corrected chi connectivity index (χ2v) is 5.82. The van der Waals surface area contributed by atoms with Crippen molar-refractivity contribution in [1.29, 1.82) is 0 Å². The third kappa shape index (κ3) is 2.41. The second kappa shape index (κ2) is 5.71. The van der Waals surface area contributed by atoms with Gasteiger partial charge in [-0.2, -0.15) is 0 Å². The maximum atomic E-state index is 10.1. The standard InChI is InChI=1S/C12H14ClN3O4S/c1-21-12-14-9(13)5-2-3-16(10(5)15-12)11-8(19)7(18)6(4-17)20-11/h2-3,6-8,11,17-19H,4H2,1H3/t6-,7-,8-,11-/m1/s1. The van der Waals surface area contributed by atoms with Crippen molar-refractivity contribution in [2.45, 2.75) is 29.7 Å². The zero-order chi connectivity index (χ0) is 15.1. The monoisotopic (exact) mass is 331 g/mol. The van der Waals surface area contributed by atoms with Gasteiger partial charge in [0.25, 0.3) is 0 Å². The van der Waals surface area contributed by atoms with E-state index in [-0.39, 0.29) is 6.61 Å². The molecular formula is C12H14ClN3O4S. The van der Waals surface area contributed by atoms with Crippen molar-refractivity contribution in [3.63, 3.8) is 0 Å². The van der Waals surface area contributed by atoms with Gasteiger partial charge in [-0.3, -0.25) is 0 Å². The Kier molecular flexibility index (Phi) is 4.08. The van der Waals surface area contributed by atoms with E-state index in [0.29, 0.717) is 21.3 Å². The van der Waals surface area contributed by atoms with Gasteiger partial charge in [0.15, 0.2) is 11.4 Å². The predicted octanol–water partition coefficient (Wildman–Crippen LogP) is 0.418. The van der Waals surface area contributed by atoms with Gasteiger partial charge in [-0.25, -0.2) is 9.97 Å². The molecule has 0 bridgehead atoms. The first-order valence-electron chi connectivity index (χ1n) is 6.27. The Hall–Kier alpha value is -0.900. The van der Waals surface area contributed by atoms with Crippen molar-refractivity contribution >= 4 is 34.4 Å². The summed E-state index contributed by atoms with van der Waals surface area (Å²) < 4.78 is 7.09. The first kappa shape index (κ1) is 15.0. The lowest BCUT2D eigenvalue weighted by Gasteiger charge is -2.17. The van der Waals surface area contributed by atoms with Gasteiger partial charge in [0, 0.05) is 6.20 Å². The normalized spacial score (nSPS) is 29.4. The lowest BCUT2D eigenvalue weighted by atomic mass is 10.1. The summed E-state index contributed by atoms with van der Waals surface area (Å²) in [4.78, 5) is 8.50. The molecule has 7 nitrogen and oxygen atoms in total. The molecule has 1 aliphatic heterocycles. The predicted molar refractivity (Wildman–Crippen MR) is 77.3 cm³/mol. The molecule has 21 heavy (non-hydrogen) atoms. The van der Waals surface area contributed by atoms with Crippen LogP contribution in [0.1, 0.15) is 6.23 Å². The van der Waals surface area contributed by atoms with Crippen molar-refractivity contribution in [3.05, 3.63) is 17.4 Å². The van der Waals surface area contributed by atoms with Gasteiger partial charge in [-0.15, -0.1) is 0 Å². The number of aliphatic hydroxyl groups is 3. The number of nitrogens with zero attached hydrogens (tertiary/aromatic N) is 3. The number of aromatic nitrogens is 3. The zero-order valence-corrected chi connectivity index (χ0v) is 12.6. The fraction of sp³-hybridized carbons (Fsp3) is 0.500. The van der Waals surface area contributed by atoms with Crippen LogP contribution in [0, 0.1) is 0 Å². The Morgan fingerprint density at radius 2 is 2.14 bits per heavy atom. The summed E-state index contributed by atoms with van der Waals surface area (Å²) in [5, 5.41) is 30.5. The fourth-order valence-corrected chi connectivity index (χ4v) is 3.02. The molecule has 3 rings (SSSR count). The van der Waals surface area contributed by atoms with Crippen molar-refractivity contribution in [2.75, 3.05) is 12.9 Å². The van der Waals surface area contributed by atoms with Gasteiger partial charge in [-0.05, 0) is 12.3 Å². The molecule has 3 heterocycles.